The molecular weight excluding hydrogens is 362 g/mol. The summed E-state index contributed by atoms with van der Waals surface area (Å²) in [4.78, 5) is 16.5. The molecule has 0 aliphatic carbocycles. The van der Waals surface area contributed by atoms with Crippen LogP contribution in [0.15, 0.2) is 65.1 Å². The van der Waals surface area contributed by atoms with E-state index in [-0.39, 0.29) is 5.78 Å². The molecule has 1 heterocycles. The predicted octanol–water partition coefficient (Wildman–Crippen LogP) is 5.55. The first kappa shape index (κ1) is 14.9. The fourth-order valence-electron chi connectivity index (χ4n) is 2.13. The SMILES string of the molecule is O=C(/C=C/c1cc2ccccc2nc1Cl)c1cccc(Br)c1. The second kappa shape index (κ2) is 6.42. The number of hydrogen-bond donors (Lipinski definition) is 0. The van der Waals surface area contributed by atoms with Gasteiger partial charge in [0, 0.05) is 21.0 Å². The molecule has 0 atom stereocenters. The summed E-state index contributed by atoms with van der Waals surface area (Å²) in [5.41, 5.74) is 2.18. The largest absolute Gasteiger partial charge is 0.289 e. The van der Waals surface area contributed by atoms with E-state index in [2.05, 4.69) is 20.9 Å². The minimum atomic E-state index is -0.0782. The third kappa shape index (κ3) is 3.26. The minimum Gasteiger partial charge on any atom is -0.289 e. The Hall–Kier alpha value is -1.97. The van der Waals surface area contributed by atoms with Crippen molar-refractivity contribution >= 4 is 50.3 Å². The van der Waals surface area contributed by atoms with Gasteiger partial charge in [-0.1, -0.05) is 57.9 Å². The number of rotatable bonds is 3. The molecule has 0 radical (unpaired) electrons. The zero-order valence-corrected chi connectivity index (χ0v) is 13.8. The summed E-state index contributed by atoms with van der Waals surface area (Å²) in [7, 11) is 0. The average Bonchev–Trinajstić information content (AvgIpc) is 2.52. The summed E-state index contributed by atoms with van der Waals surface area (Å²) in [6.07, 6.45) is 3.21. The number of aromatic nitrogens is 1. The molecule has 0 unspecified atom stereocenters. The third-order valence-electron chi connectivity index (χ3n) is 3.23. The fraction of sp³-hybridized carbons (Fsp3) is 0. The zero-order valence-electron chi connectivity index (χ0n) is 11.5. The smallest absolute Gasteiger partial charge is 0.185 e. The maximum Gasteiger partial charge on any atom is 0.185 e. The topological polar surface area (TPSA) is 30.0 Å². The Labute approximate surface area is 141 Å². The van der Waals surface area contributed by atoms with Crippen molar-refractivity contribution in [2.45, 2.75) is 0 Å². The lowest BCUT2D eigenvalue weighted by Crippen LogP contribution is -1.94. The number of halogens is 2. The summed E-state index contributed by atoms with van der Waals surface area (Å²) in [6, 6.07) is 16.9. The van der Waals surface area contributed by atoms with Crippen molar-refractivity contribution in [1.29, 1.82) is 0 Å². The van der Waals surface area contributed by atoms with Gasteiger partial charge < -0.3 is 0 Å². The summed E-state index contributed by atoms with van der Waals surface area (Å²) in [6.45, 7) is 0. The lowest BCUT2D eigenvalue weighted by molar-refractivity contribution is 0.104. The van der Waals surface area contributed by atoms with Gasteiger partial charge in [0.05, 0.1) is 5.52 Å². The van der Waals surface area contributed by atoms with Gasteiger partial charge in [-0.3, -0.25) is 4.79 Å². The Bertz CT molecular complexity index is 889. The van der Waals surface area contributed by atoms with E-state index in [0.29, 0.717) is 10.7 Å². The molecule has 108 valence electrons. The molecule has 0 aliphatic rings. The molecule has 0 aliphatic heterocycles. The van der Waals surface area contributed by atoms with Crippen molar-refractivity contribution in [3.8, 4) is 0 Å². The van der Waals surface area contributed by atoms with Crippen LogP contribution in [0.2, 0.25) is 5.15 Å². The first-order valence-corrected chi connectivity index (χ1v) is 7.84. The van der Waals surface area contributed by atoms with Gasteiger partial charge in [-0.05, 0) is 36.4 Å². The van der Waals surface area contributed by atoms with Crippen LogP contribution in [0.25, 0.3) is 17.0 Å². The molecule has 4 heteroatoms. The highest BCUT2D eigenvalue weighted by Crippen LogP contribution is 2.22. The average molecular weight is 373 g/mol. The first-order chi connectivity index (χ1) is 10.6. The zero-order chi connectivity index (χ0) is 15.5. The van der Waals surface area contributed by atoms with Crippen LogP contribution < -0.4 is 0 Å². The third-order valence-corrected chi connectivity index (χ3v) is 4.02. The molecule has 22 heavy (non-hydrogen) atoms. The van der Waals surface area contributed by atoms with E-state index >= 15 is 0 Å². The van der Waals surface area contributed by atoms with E-state index in [1.165, 1.54) is 6.08 Å². The van der Waals surface area contributed by atoms with E-state index in [1.807, 2.05) is 42.5 Å². The molecule has 3 rings (SSSR count). The Kier molecular flexibility index (Phi) is 4.36. The predicted molar refractivity (Wildman–Crippen MR) is 94.3 cm³/mol. The van der Waals surface area contributed by atoms with E-state index in [4.69, 9.17) is 11.6 Å². The number of benzene rings is 2. The number of ketones is 1. The molecule has 3 aromatic rings. The molecule has 0 amide bonds. The van der Waals surface area contributed by atoms with Crippen LogP contribution in [-0.4, -0.2) is 10.8 Å². The normalized spacial score (nSPS) is 11.2. The summed E-state index contributed by atoms with van der Waals surface area (Å²) in [5, 5.41) is 1.37. The van der Waals surface area contributed by atoms with Gasteiger partial charge >= 0.3 is 0 Å². The highest BCUT2D eigenvalue weighted by Gasteiger charge is 2.05. The van der Waals surface area contributed by atoms with Crippen LogP contribution in [0.1, 0.15) is 15.9 Å². The number of nitrogens with zero attached hydrogens (tertiary/aromatic N) is 1. The van der Waals surface area contributed by atoms with E-state index < -0.39 is 0 Å². The van der Waals surface area contributed by atoms with Gasteiger partial charge in [0.15, 0.2) is 5.78 Å². The quantitative estimate of drug-likeness (QED) is 0.343. The number of carbonyl (C=O) groups excluding carboxylic acids is 1. The second-order valence-electron chi connectivity index (χ2n) is 4.77. The molecule has 0 bridgehead atoms. The van der Waals surface area contributed by atoms with Gasteiger partial charge in [-0.15, -0.1) is 0 Å². The van der Waals surface area contributed by atoms with Gasteiger partial charge in [0.25, 0.3) is 0 Å². The lowest BCUT2D eigenvalue weighted by atomic mass is 10.1. The maximum atomic E-state index is 12.2. The molecule has 0 N–H and O–H groups in total. The highest BCUT2D eigenvalue weighted by atomic mass is 79.9. The van der Waals surface area contributed by atoms with Crippen LogP contribution in [-0.2, 0) is 0 Å². The van der Waals surface area contributed by atoms with E-state index in [1.54, 1.807) is 18.2 Å². The number of pyridine rings is 1. The summed E-state index contributed by atoms with van der Waals surface area (Å²) >= 11 is 9.53. The standard InChI is InChI=1S/C18H11BrClNO/c19-15-6-3-5-13(11-15)17(22)9-8-14-10-12-4-1-2-7-16(12)21-18(14)20/h1-11H/b9-8+. The molecular formula is C18H11BrClNO. The van der Waals surface area contributed by atoms with E-state index in [0.717, 1.165) is 20.9 Å². The van der Waals surface area contributed by atoms with Crippen molar-refractivity contribution in [3.05, 3.63) is 81.4 Å². The molecule has 0 fully saturated rings. The Morgan fingerprint density at radius 2 is 1.91 bits per heavy atom. The number of fused-ring (bicyclic) bond motifs is 1. The Morgan fingerprint density at radius 3 is 2.73 bits per heavy atom. The Morgan fingerprint density at radius 1 is 1.09 bits per heavy atom. The van der Waals surface area contributed by atoms with Crippen molar-refractivity contribution in [1.82, 2.24) is 4.98 Å². The summed E-state index contributed by atoms with van der Waals surface area (Å²) in [5.74, 6) is -0.0782. The highest BCUT2D eigenvalue weighted by molar-refractivity contribution is 9.10. The van der Waals surface area contributed by atoms with E-state index in [9.17, 15) is 4.79 Å². The number of allylic oxidation sites excluding steroid dienone is 1. The number of hydrogen-bond acceptors (Lipinski definition) is 2. The van der Waals surface area contributed by atoms with Gasteiger partial charge in [-0.2, -0.15) is 0 Å². The van der Waals surface area contributed by atoms with Crippen LogP contribution in [0.5, 0.6) is 0 Å². The fourth-order valence-corrected chi connectivity index (χ4v) is 2.74. The van der Waals surface area contributed by atoms with Crippen LogP contribution in [0.4, 0.5) is 0 Å². The van der Waals surface area contributed by atoms with Crippen molar-refractivity contribution in [2.75, 3.05) is 0 Å². The summed E-state index contributed by atoms with van der Waals surface area (Å²) < 4.78 is 0.872. The van der Waals surface area contributed by atoms with Crippen molar-refractivity contribution < 1.29 is 4.79 Å². The molecule has 1 aromatic heterocycles. The van der Waals surface area contributed by atoms with Crippen LogP contribution in [0.3, 0.4) is 0 Å². The van der Waals surface area contributed by atoms with Gasteiger partial charge in [-0.25, -0.2) is 4.98 Å². The van der Waals surface area contributed by atoms with Gasteiger partial charge in [0.2, 0.25) is 0 Å². The molecule has 0 saturated heterocycles. The van der Waals surface area contributed by atoms with Crippen LogP contribution in [0, 0.1) is 0 Å². The van der Waals surface area contributed by atoms with Crippen molar-refractivity contribution in [3.63, 3.8) is 0 Å². The minimum absolute atomic E-state index is 0.0782. The maximum absolute atomic E-state index is 12.2. The monoisotopic (exact) mass is 371 g/mol. The number of para-hydroxylation sites is 1. The van der Waals surface area contributed by atoms with Crippen molar-refractivity contribution in [2.24, 2.45) is 0 Å². The van der Waals surface area contributed by atoms with Gasteiger partial charge in [0.1, 0.15) is 5.15 Å². The van der Waals surface area contributed by atoms with Crippen LogP contribution >= 0.6 is 27.5 Å². The molecule has 2 aromatic carbocycles. The molecule has 2 nitrogen and oxygen atoms in total. The Balaban J connectivity index is 1.92. The lowest BCUT2D eigenvalue weighted by Gasteiger charge is -2.02. The molecule has 0 saturated carbocycles. The second-order valence-corrected chi connectivity index (χ2v) is 6.04. The first-order valence-electron chi connectivity index (χ1n) is 6.67. The number of carbonyl (C=O) groups is 1. The molecule has 0 spiro atoms.